The topological polar surface area (TPSA) is 132 Å². The molecule has 0 spiro atoms. The van der Waals surface area contributed by atoms with Crippen molar-refractivity contribution < 1.29 is 43.9 Å². The summed E-state index contributed by atoms with van der Waals surface area (Å²) >= 11 is 0. The molecule has 0 aromatic heterocycles. The van der Waals surface area contributed by atoms with Gasteiger partial charge in [0.05, 0.1) is 13.2 Å². The van der Waals surface area contributed by atoms with Crippen LogP contribution in [0.2, 0.25) is 0 Å². The van der Waals surface area contributed by atoms with E-state index in [0.717, 1.165) is 12.5 Å². The predicted molar refractivity (Wildman–Crippen MR) is 125 cm³/mol. The molecule has 9 heteroatoms. The number of phenolic OH excluding ortho intramolecular Hbond substituents is 1. The van der Waals surface area contributed by atoms with Crippen molar-refractivity contribution >= 4 is 18.0 Å². The number of esters is 2. The molecule has 3 N–H and O–H groups in total. The maximum absolute atomic E-state index is 13.3. The molecule has 0 bridgehead atoms. The third kappa shape index (κ3) is 6.82. The van der Waals surface area contributed by atoms with Gasteiger partial charge in [0.25, 0.3) is 0 Å². The third-order valence-electron chi connectivity index (χ3n) is 5.65. The highest BCUT2D eigenvalue weighted by Gasteiger charge is 2.47. The Morgan fingerprint density at radius 3 is 2.43 bits per heavy atom. The molecule has 2 aromatic rings. The van der Waals surface area contributed by atoms with Crippen molar-refractivity contribution in [3.8, 4) is 11.5 Å². The fourth-order valence-corrected chi connectivity index (χ4v) is 3.80. The lowest BCUT2D eigenvalue weighted by Gasteiger charge is -2.40. The maximum Gasteiger partial charge on any atom is 0.334 e. The van der Waals surface area contributed by atoms with Crippen LogP contribution in [0, 0.1) is 0 Å². The number of hydrogen-bond donors (Lipinski definition) is 3. The number of aliphatic hydroxyl groups excluding tert-OH is 2. The average Bonchev–Trinajstić information content (AvgIpc) is 2.83. The molecule has 5 atom stereocenters. The first kappa shape index (κ1) is 26.2. The highest BCUT2D eigenvalue weighted by Crippen LogP contribution is 2.29. The second kappa shape index (κ2) is 11.8. The van der Waals surface area contributed by atoms with E-state index in [1.165, 1.54) is 20.1 Å². The van der Waals surface area contributed by atoms with Gasteiger partial charge in [0.15, 0.2) is 30.0 Å². The minimum Gasteiger partial charge on any atom is -0.504 e. The Labute approximate surface area is 203 Å². The molecule has 1 aliphatic heterocycles. The molecule has 0 amide bonds. The summed E-state index contributed by atoms with van der Waals surface area (Å²) in [5.41, 5.74) is 1.83. The molecular weight excluding hydrogens is 456 g/mol. The van der Waals surface area contributed by atoms with Crippen LogP contribution in [0.1, 0.15) is 31.4 Å². The summed E-state index contributed by atoms with van der Waals surface area (Å²) in [7, 11) is 1.42. The van der Waals surface area contributed by atoms with Crippen molar-refractivity contribution in [1.82, 2.24) is 0 Å². The number of rotatable bonds is 8. The zero-order valence-corrected chi connectivity index (χ0v) is 19.8. The number of carbonyl (C=O) groups excluding carboxylic acids is 2. The SMILES string of the molecule is COc1cc(C=C(CCc2ccccc2)C(=O)O[C@@H]2[C@H](OC(C)=O)[C@@H](O)[C@@H](C)O[C@H]2O)ccc1O. The summed E-state index contributed by atoms with van der Waals surface area (Å²) in [6.45, 7) is 2.66. The van der Waals surface area contributed by atoms with Gasteiger partial charge >= 0.3 is 11.9 Å². The molecule has 2 aromatic carbocycles. The van der Waals surface area contributed by atoms with Crippen molar-refractivity contribution in [1.29, 1.82) is 0 Å². The first-order valence-corrected chi connectivity index (χ1v) is 11.2. The van der Waals surface area contributed by atoms with Gasteiger partial charge in [0.1, 0.15) is 6.10 Å². The van der Waals surface area contributed by atoms with E-state index in [1.807, 2.05) is 30.3 Å². The van der Waals surface area contributed by atoms with Gasteiger partial charge in [-0.2, -0.15) is 0 Å². The van der Waals surface area contributed by atoms with Crippen LogP contribution in [0.15, 0.2) is 54.1 Å². The van der Waals surface area contributed by atoms with E-state index in [1.54, 1.807) is 18.2 Å². The molecule has 0 aliphatic carbocycles. The van der Waals surface area contributed by atoms with Crippen LogP contribution in [0.25, 0.3) is 6.08 Å². The Kier molecular flexibility index (Phi) is 8.86. The van der Waals surface area contributed by atoms with Crippen molar-refractivity contribution in [3.05, 3.63) is 65.2 Å². The van der Waals surface area contributed by atoms with Crippen LogP contribution < -0.4 is 4.74 Å². The predicted octanol–water partition coefficient (Wildman–Crippen LogP) is 2.36. The van der Waals surface area contributed by atoms with Gasteiger partial charge in [-0.25, -0.2) is 4.79 Å². The van der Waals surface area contributed by atoms with E-state index >= 15 is 0 Å². The summed E-state index contributed by atoms with van der Waals surface area (Å²) in [5.74, 6) is -1.29. The number of ether oxygens (including phenoxy) is 4. The highest BCUT2D eigenvalue weighted by atomic mass is 16.7. The quantitative estimate of drug-likeness (QED) is 0.380. The average molecular weight is 487 g/mol. The Hall–Kier alpha value is -3.40. The van der Waals surface area contributed by atoms with E-state index in [9.17, 15) is 24.9 Å². The molecule has 1 saturated heterocycles. The van der Waals surface area contributed by atoms with Gasteiger partial charge in [-0.3, -0.25) is 4.79 Å². The minimum atomic E-state index is -1.61. The summed E-state index contributed by atoms with van der Waals surface area (Å²) in [6, 6.07) is 14.2. The van der Waals surface area contributed by atoms with Gasteiger partial charge in [0.2, 0.25) is 0 Å². The molecule has 9 nitrogen and oxygen atoms in total. The van der Waals surface area contributed by atoms with Crippen molar-refractivity contribution in [2.24, 2.45) is 0 Å². The lowest BCUT2D eigenvalue weighted by Crippen LogP contribution is -2.59. The van der Waals surface area contributed by atoms with Gasteiger partial charge < -0.3 is 34.3 Å². The molecule has 0 saturated carbocycles. The zero-order valence-electron chi connectivity index (χ0n) is 19.8. The molecule has 1 fully saturated rings. The van der Waals surface area contributed by atoms with Crippen LogP contribution in [0.3, 0.4) is 0 Å². The first-order valence-electron chi connectivity index (χ1n) is 11.2. The van der Waals surface area contributed by atoms with E-state index in [0.29, 0.717) is 12.0 Å². The smallest absolute Gasteiger partial charge is 0.334 e. The molecule has 1 aliphatic rings. The molecule has 0 unspecified atom stereocenters. The van der Waals surface area contributed by atoms with Crippen LogP contribution in [-0.2, 0) is 30.2 Å². The standard InChI is InChI=1S/C26H30O9/c1-15-22(29)23(34-16(2)27)24(26(31)33-15)35-25(30)19(11-9-17-7-5-4-6-8-17)13-18-10-12-20(28)21(14-18)32-3/h4-8,10,12-15,22-24,26,28-29,31H,9,11H2,1-3H3/t15-,22+,23-,24-,26-/m1/s1. The summed E-state index contributed by atoms with van der Waals surface area (Å²) in [6.07, 6.45) is -4.11. The second-order valence-corrected chi connectivity index (χ2v) is 8.25. The fraction of sp³-hybridized carbons (Fsp3) is 0.385. The molecule has 0 radical (unpaired) electrons. The largest absolute Gasteiger partial charge is 0.504 e. The number of methoxy groups -OCH3 is 1. The van der Waals surface area contributed by atoms with Crippen molar-refractivity contribution in [2.75, 3.05) is 7.11 Å². The van der Waals surface area contributed by atoms with E-state index < -0.39 is 42.6 Å². The minimum absolute atomic E-state index is 0.0483. The van der Waals surface area contributed by atoms with Gasteiger partial charge in [-0.1, -0.05) is 36.4 Å². The molecular formula is C26H30O9. The Bertz CT molecular complexity index is 1050. The van der Waals surface area contributed by atoms with E-state index in [4.69, 9.17) is 18.9 Å². The number of aryl methyl sites for hydroxylation is 1. The van der Waals surface area contributed by atoms with Crippen LogP contribution in [-0.4, -0.2) is 65.1 Å². The Balaban J connectivity index is 1.89. The second-order valence-electron chi connectivity index (χ2n) is 8.25. The number of aliphatic hydroxyl groups is 2. The lowest BCUT2D eigenvalue weighted by molar-refractivity contribution is -0.284. The fourth-order valence-electron chi connectivity index (χ4n) is 3.80. The summed E-state index contributed by atoms with van der Waals surface area (Å²) < 4.78 is 21.1. The van der Waals surface area contributed by atoms with Gasteiger partial charge in [-0.05, 0) is 49.1 Å². The van der Waals surface area contributed by atoms with Crippen LogP contribution >= 0.6 is 0 Å². The van der Waals surface area contributed by atoms with Gasteiger partial charge in [0, 0.05) is 12.5 Å². The number of carbonyl (C=O) groups is 2. The Morgan fingerprint density at radius 1 is 1.06 bits per heavy atom. The number of aromatic hydroxyl groups is 1. The van der Waals surface area contributed by atoms with E-state index in [-0.39, 0.29) is 23.5 Å². The lowest BCUT2D eigenvalue weighted by atomic mass is 9.98. The number of phenols is 1. The third-order valence-corrected chi connectivity index (χ3v) is 5.65. The monoisotopic (exact) mass is 486 g/mol. The maximum atomic E-state index is 13.3. The van der Waals surface area contributed by atoms with Crippen LogP contribution in [0.4, 0.5) is 0 Å². The normalized spacial score (nSPS) is 24.5. The number of benzene rings is 2. The van der Waals surface area contributed by atoms with Gasteiger partial charge in [-0.15, -0.1) is 0 Å². The van der Waals surface area contributed by atoms with E-state index in [2.05, 4.69) is 0 Å². The zero-order chi connectivity index (χ0) is 25.5. The highest BCUT2D eigenvalue weighted by molar-refractivity contribution is 5.94. The Morgan fingerprint density at radius 2 is 1.77 bits per heavy atom. The summed E-state index contributed by atoms with van der Waals surface area (Å²) in [4.78, 5) is 24.8. The van der Waals surface area contributed by atoms with Crippen LogP contribution in [0.5, 0.6) is 11.5 Å². The molecule has 35 heavy (non-hydrogen) atoms. The van der Waals surface area contributed by atoms with Crippen molar-refractivity contribution in [2.45, 2.75) is 57.4 Å². The molecule has 188 valence electrons. The molecule has 3 rings (SSSR count). The van der Waals surface area contributed by atoms with Crippen molar-refractivity contribution in [3.63, 3.8) is 0 Å². The first-order chi connectivity index (χ1) is 16.7. The summed E-state index contributed by atoms with van der Waals surface area (Å²) in [5, 5.41) is 30.7. The number of hydrogen-bond acceptors (Lipinski definition) is 9. The molecule has 1 heterocycles.